The van der Waals surface area contributed by atoms with E-state index >= 15 is 0 Å². The van der Waals surface area contributed by atoms with Crippen molar-refractivity contribution in [3.63, 3.8) is 0 Å². The van der Waals surface area contributed by atoms with Crippen molar-refractivity contribution in [2.24, 2.45) is 5.92 Å². The van der Waals surface area contributed by atoms with Crippen LogP contribution in [0.1, 0.15) is 18.4 Å². The molecule has 1 aliphatic heterocycles. The second kappa shape index (κ2) is 6.26. The summed E-state index contributed by atoms with van der Waals surface area (Å²) in [6.07, 6.45) is 2.66. The van der Waals surface area contributed by atoms with Gasteiger partial charge in [0.2, 0.25) is 0 Å². The van der Waals surface area contributed by atoms with Gasteiger partial charge in [-0.3, -0.25) is 0 Å². The first-order valence-corrected chi connectivity index (χ1v) is 7.03. The van der Waals surface area contributed by atoms with Gasteiger partial charge in [0.25, 0.3) is 0 Å². The summed E-state index contributed by atoms with van der Waals surface area (Å²) in [7, 11) is 0. The Morgan fingerprint density at radius 3 is 2.81 bits per heavy atom. The van der Waals surface area contributed by atoms with Gasteiger partial charge in [0.15, 0.2) is 0 Å². The standard InChI is InChI=1S/C13H18FNS/c14-13-5-3-11(4-6-13)9-16-10-12-2-1-7-15-8-12/h3-6,12,15H,1-2,7-10H2. The molecule has 1 nitrogen and oxygen atoms in total. The van der Waals surface area contributed by atoms with Crippen LogP contribution < -0.4 is 5.32 Å². The molecule has 1 unspecified atom stereocenters. The second-order valence-electron chi connectivity index (χ2n) is 4.35. The second-order valence-corrected chi connectivity index (χ2v) is 5.38. The summed E-state index contributed by atoms with van der Waals surface area (Å²) in [5, 5.41) is 3.43. The van der Waals surface area contributed by atoms with Crippen molar-refractivity contribution in [1.29, 1.82) is 0 Å². The smallest absolute Gasteiger partial charge is 0.123 e. The predicted molar refractivity (Wildman–Crippen MR) is 68.2 cm³/mol. The number of hydrogen-bond acceptors (Lipinski definition) is 2. The van der Waals surface area contributed by atoms with E-state index in [1.807, 2.05) is 23.9 Å². The van der Waals surface area contributed by atoms with E-state index in [0.29, 0.717) is 0 Å². The average Bonchev–Trinajstić information content (AvgIpc) is 2.33. The van der Waals surface area contributed by atoms with Crippen LogP contribution in [-0.4, -0.2) is 18.8 Å². The molecule has 0 spiro atoms. The predicted octanol–water partition coefficient (Wildman–Crippen LogP) is 3.06. The molecule has 1 fully saturated rings. The summed E-state index contributed by atoms with van der Waals surface area (Å²) in [6.45, 7) is 2.34. The molecule has 1 aromatic carbocycles. The fourth-order valence-corrected chi connectivity index (χ4v) is 3.15. The van der Waals surface area contributed by atoms with Crippen LogP contribution in [-0.2, 0) is 5.75 Å². The van der Waals surface area contributed by atoms with Crippen LogP contribution in [0.3, 0.4) is 0 Å². The van der Waals surface area contributed by atoms with Gasteiger partial charge in [-0.1, -0.05) is 12.1 Å². The summed E-state index contributed by atoms with van der Waals surface area (Å²) in [5.74, 6) is 2.88. The minimum Gasteiger partial charge on any atom is -0.316 e. The molecular weight excluding hydrogens is 221 g/mol. The molecule has 0 amide bonds. The van der Waals surface area contributed by atoms with Gasteiger partial charge >= 0.3 is 0 Å². The van der Waals surface area contributed by atoms with E-state index < -0.39 is 0 Å². The number of thioether (sulfide) groups is 1. The molecule has 1 aliphatic rings. The lowest BCUT2D eigenvalue weighted by Gasteiger charge is -2.22. The van der Waals surface area contributed by atoms with Crippen LogP contribution in [0.25, 0.3) is 0 Å². The molecule has 0 aromatic heterocycles. The molecule has 88 valence electrons. The SMILES string of the molecule is Fc1ccc(CSCC2CCCNC2)cc1. The van der Waals surface area contributed by atoms with Crippen LogP contribution in [0.2, 0.25) is 0 Å². The molecule has 1 atom stereocenters. The van der Waals surface area contributed by atoms with E-state index in [9.17, 15) is 4.39 Å². The minimum absolute atomic E-state index is 0.148. The highest BCUT2D eigenvalue weighted by Crippen LogP contribution is 2.19. The topological polar surface area (TPSA) is 12.0 Å². The Balaban J connectivity index is 1.69. The number of hydrogen-bond donors (Lipinski definition) is 1. The minimum atomic E-state index is -0.148. The Morgan fingerprint density at radius 1 is 1.31 bits per heavy atom. The van der Waals surface area contributed by atoms with E-state index in [2.05, 4.69) is 5.32 Å². The average molecular weight is 239 g/mol. The number of benzene rings is 1. The van der Waals surface area contributed by atoms with E-state index in [4.69, 9.17) is 0 Å². The van der Waals surface area contributed by atoms with Gasteiger partial charge in [0.05, 0.1) is 0 Å². The van der Waals surface area contributed by atoms with E-state index in [0.717, 1.165) is 18.2 Å². The molecule has 0 bridgehead atoms. The van der Waals surface area contributed by atoms with Crippen LogP contribution in [0.4, 0.5) is 4.39 Å². The Kier molecular flexibility index (Phi) is 4.67. The van der Waals surface area contributed by atoms with E-state index in [1.165, 1.54) is 42.8 Å². The van der Waals surface area contributed by atoms with Gasteiger partial charge in [0.1, 0.15) is 5.82 Å². The van der Waals surface area contributed by atoms with Crippen LogP contribution >= 0.6 is 11.8 Å². The number of piperidine rings is 1. The maximum Gasteiger partial charge on any atom is 0.123 e. The fourth-order valence-electron chi connectivity index (χ4n) is 1.99. The molecule has 1 heterocycles. The lowest BCUT2D eigenvalue weighted by molar-refractivity contribution is 0.410. The molecule has 0 radical (unpaired) electrons. The summed E-state index contributed by atoms with van der Waals surface area (Å²) >= 11 is 1.96. The third-order valence-corrected chi connectivity index (χ3v) is 4.18. The summed E-state index contributed by atoms with van der Waals surface area (Å²) in [4.78, 5) is 0. The lowest BCUT2D eigenvalue weighted by Crippen LogP contribution is -2.30. The summed E-state index contributed by atoms with van der Waals surface area (Å²) < 4.78 is 12.7. The molecule has 16 heavy (non-hydrogen) atoms. The quantitative estimate of drug-likeness (QED) is 0.866. The Bertz CT molecular complexity index is 306. The summed E-state index contributed by atoms with van der Waals surface area (Å²) in [6, 6.07) is 6.83. The third kappa shape index (κ3) is 3.80. The largest absolute Gasteiger partial charge is 0.316 e. The van der Waals surface area contributed by atoms with Gasteiger partial charge in [-0.25, -0.2) is 4.39 Å². The molecular formula is C13H18FNS. The number of nitrogens with one attached hydrogen (secondary N) is 1. The van der Waals surface area contributed by atoms with Gasteiger partial charge in [0, 0.05) is 5.75 Å². The molecule has 3 heteroatoms. The Labute approximate surface area is 101 Å². The van der Waals surface area contributed by atoms with Gasteiger partial charge in [-0.05, 0) is 55.3 Å². The Hall–Kier alpha value is -0.540. The van der Waals surface area contributed by atoms with Crippen molar-refractivity contribution in [3.8, 4) is 0 Å². The van der Waals surface area contributed by atoms with E-state index in [-0.39, 0.29) is 5.82 Å². The molecule has 1 saturated heterocycles. The molecule has 0 saturated carbocycles. The maximum atomic E-state index is 12.7. The molecule has 1 aromatic rings. The molecule has 2 rings (SSSR count). The van der Waals surface area contributed by atoms with Crippen LogP contribution in [0, 0.1) is 11.7 Å². The lowest BCUT2D eigenvalue weighted by atomic mass is 10.0. The summed E-state index contributed by atoms with van der Waals surface area (Å²) in [5.41, 5.74) is 1.22. The zero-order chi connectivity index (χ0) is 11.2. The van der Waals surface area contributed by atoms with Crippen LogP contribution in [0.5, 0.6) is 0 Å². The first kappa shape index (κ1) is 11.9. The zero-order valence-corrected chi connectivity index (χ0v) is 10.2. The van der Waals surface area contributed by atoms with Gasteiger partial charge in [-0.15, -0.1) is 0 Å². The molecule has 1 N–H and O–H groups in total. The first-order chi connectivity index (χ1) is 7.84. The fraction of sp³-hybridized carbons (Fsp3) is 0.538. The highest BCUT2D eigenvalue weighted by molar-refractivity contribution is 7.98. The van der Waals surface area contributed by atoms with Crippen molar-refractivity contribution in [2.75, 3.05) is 18.8 Å². The van der Waals surface area contributed by atoms with Crippen molar-refractivity contribution in [2.45, 2.75) is 18.6 Å². The van der Waals surface area contributed by atoms with Crippen molar-refractivity contribution < 1.29 is 4.39 Å². The number of halogens is 1. The normalized spacial score (nSPS) is 20.9. The monoisotopic (exact) mass is 239 g/mol. The van der Waals surface area contributed by atoms with Crippen molar-refractivity contribution in [3.05, 3.63) is 35.6 Å². The number of rotatable bonds is 4. The van der Waals surface area contributed by atoms with Gasteiger partial charge < -0.3 is 5.32 Å². The highest BCUT2D eigenvalue weighted by atomic mass is 32.2. The molecule has 0 aliphatic carbocycles. The van der Waals surface area contributed by atoms with E-state index in [1.54, 1.807) is 0 Å². The zero-order valence-electron chi connectivity index (χ0n) is 9.42. The highest BCUT2D eigenvalue weighted by Gasteiger charge is 2.12. The van der Waals surface area contributed by atoms with Crippen molar-refractivity contribution >= 4 is 11.8 Å². The van der Waals surface area contributed by atoms with Crippen LogP contribution in [0.15, 0.2) is 24.3 Å². The Morgan fingerprint density at radius 2 is 2.12 bits per heavy atom. The first-order valence-electron chi connectivity index (χ1n) is 5.87. The third-order valence-electron chi connectivity index (χ3n) is 2.93. The maximum absolute atomic E-state index is 12.7. The van der Waals surface area contributed by atoms with Gasteiger partial charge in [-0.2, -0.15) is 11.8 Å². The van der Waals surface area contributed by atoms with Crippen molar-refractivity contribution in [1.82, 2.24) is 5.32 Å².